The van der Waals surface area contributed by atoms with Gasteiger partial charge in [0, 0.05) is 17.8 Å². The van der Waals surface area contributed by atoms with E-state index in [1.807, 2.05) is 6.07 Å². The molecular weight excluding hydrogens is 390 g/mol. The first kappa shape index (κ1) is 21.1. The van der Waals surface area contributed by atoms with Crippen LogP contribution >= 0.6 is 11.3 Å². The number of nitriles is 1. The number of thiophene rings is 1. The van der Waals surface area contributed by atoms with Crippen LogP contribution in [-0.4, -0.2) is 25.0 Å². The van der Waals surface area contributed by atoms with E-state index in [1.54, 1.807) is 13.8 Å². The molecule has 2 aromatic rings. The maximum absolute atomic E-state index is 12.3. The van der Waals surface area contributed by atoms with Crippen LogP contribution in [-0.2, 0) is 4.74 Å². The van der Waals surface area contributed by atoms with Crippen molar-refractivity contribution in [1.29, 1.82) is 5.26 Å². The Morgan fingerprint density at radius 1 is 1.39 bits per heavy atom. The van der Waals surface area contributed by atoms with Crippen LogP contribution in [0.3, 0.4) is 0 Å². The number of nitrogens with zero attached hydrogens (tertiary/aromatic N) is 1. The minimum atomic E-state index is -2.98. The summed E-state index contributed by atoms with van der Waals surface area (Å²) < 4.78 is 33.8. The van der Waals surface area contributed by atoms with E-state index in [0.717, 1.165) is 11.3 Å². The van der Waals surface area contributed by atoms with Crippen molar-refractivity contribution in [3.05, 3.63) is 58.1 Å². The van der Waals surface area contributed by atoms with Crippen molar-refractivity contribution in [3.63, 3.8) is 0 Å². The summed E-state index contributed by atoms with van der Waals surface area (Å²) in [5.41, 5.74) is 0.925. The number of rotatable bonds is 8. The number of halogens is 2. The van der Waals surface area contributed by atoms with Crippen LogP contribution in [0.1, 0.15) is 38.1 Å². The van der Waals surface area contributed by atoms with Gasteiger partial charge in [-0.2, -0.15) is 14.0 Å². The number of benzene rings is 1. The molecule has 0 unspecified atom stereocenters. The number of allylic oxidation sites excluding steroid dienone is 1. The van der Waals surface area contributed by atoms with Crippen molar-refractivity contribution in [2.75, 3.05) is 11.9 Å². The first-order valence-corrected chi connectivity index (χ1v) is 8.91. The van der Waals surface area contributed by atoms with Crippen LogP contribution in [0.25, 0.3) is 0 Å². The molecule has 0 saturated carbocycles. The second kappa shape index (κ2) is 9.62. The Hall–Kier alpha value is -3.25. The summed E-state index contributed by atoms with van der Waals surface area (Å²) in [5.74, 6) is -1.10. The predicted octanol–water partition coefficient (Wildman–Crippen LogP) is 4.51. The minimum Gasteiger partial charge on any atom is -0.462 e. The van der Waals surface area contributed by atoms with Crippen molar-refractivity contribution in [2.45, 2.75) is 20.5 Å². The number of hydrogen-bond donors (Lipinski definition) is 1. The van der Waals surface area contributed by atoms with Crippen molar-refractivity contribution in [3.8, 4) is 11.8 Å². The zero-order valence-corrected chi connectivity index (χ0v) is 15.8. The Kier molecular flexibility index (Phi) is 7.23. The summed E-state index contributed by atoms with van der Waals surface area (Å²) in [5, 5.41) is 12.5. The molecular formula is C19H16F2N2O4S. The van der Waals surface area contributed by atoms with Crippen LogP contribution in [0.2, 0.25) is 0 Å². The average Bonchev–Trinajstić information content (AvgIpc) is 2.97. The molecule has 0 aliphatic rings. The number of alkyl halides is 2. The number of nitrogens with one attached hydrogen (secondary N) is 1. The van der Waals surface area contributed by atoms with Gasteiger partial charge in [-0.25, -0.2) is 4.79 Å². The number of ketones is 1. The second-order valence-electron chi connectivity index (χ2n) is 5.34. The summed E-state index contributed by atoms with van der Waals surface area (Å²) in [6.07, 6.45) is 2.49. The SMILES string of the molecule is CCOC(=O)c1sc(NC=CC(=O)c2cccc(OC(F)F)c2)c(C#N)c1C. The van der Waals surface area contributed by atoms with Gasteiger partial charge in [0.05, 0.1) is 12.2 Å². The Labute approximate surface area is 164 Å². The van der Waals surface area contributed by atoms with Crippen molar-refractivity contribution >= 4 is 28.1 Å². The molecule has 1 heterocycles. The van der Waals surface area contributed by atoms with Crippen LogP contribution < -0.4 is 10.1 Å². The van der Waals surface area contributed by atoms with Gasteiger partial charge in [-0.05, 0) is 31.5 Å². The molecule has 2 rings (SSSR count). The average molecular weight is 406 g/mol. The number of anilines is 1. The Morgan fingerprint density at radius 3 is 2.79 bits per heavy atom. The molecule has 0 atom stereocenters. The fourth-order valence-corrected chi connectivity index (χ4v) is 3.29. The third-order valence-corrected chi connectivity index (χ3v) is 4.72. The van der Waals surface area contributed by atoms with E-state index in [-0.39, 0.29) is 23.5 Å². The van der Waals surface area contributed by atoms with Crippen LogP contribution in [0.15, 0.2) is 36.5 Å². The lowest BCUT2D eigenvalue weighted by Gasteiger charge is -2.05. The fourth-order valence-electron chi connectivity index (χ4n) is 2.26. The Balaban J connectivity index is 2.14. The third kappa shape index (κ3) is 5.14. The minimum absolute atomic E-state index is 0.123. The number of carbonyl (C=O) groups is 2. The molecule has 1 aromatic heterocycles. The van der Waals surface area contributed by atoms with Gasteiger partial charge in [0.25, 0.3) is 0 Å². The van der Waals surface area contributed by atoms with E-state index >= 15 is 0 Å². The van der Waals surface area contributed by atoms with Gasteiger partial charge < -0.3 is 14.8 Å². The van der Waals surface area contributed by atoms with Crippen LogP contribution in [0.5, 0.6) is 5.75 Å². The van der Waals surface area contributed by atoms with E-state index < -0.39 is 18.4 Å². The number of carbonyl (C=O) groups excluding carboxylic acids is 2. The van der Waals surface area contributed by atoms with Gasteiger partial charge in [0.1, 0.15) is 21.7 Å². The molecule has 0 amide bonds. The first-order valence-electron chi connectivity index (χ1n) is 8.10. The molecule has 6 nitrogen and oxygen atoms in total. The first-order chi connectivity index (χ1) is 13.4. The Morgan fingerprint density at radius 2 is 2.14 bits per heavy atom. The van der Waals surface area contributed by atoms with Crippen molar-refractivity contribution in [1.82, 2.24) is 0 Å². The van der Waals surface area contributed by atoms with Gasteiger partial charge in [0.2, 0.25) is 0 Å². The lowest BCUT2D eigenvalue weighted by Crippen LogP contribution is -2.03. The highest BCUT2D eigenvalue weighted by Gasteiger charge is 2.20. The van der Waals surface area contributed by atoms with Gasteiger partial charge in [0.15, 0.2) is 5.78 Å². The smallest absolute Gasteiger partial charge is 0.387 e. The van der Waals surface area contributed by atoms with E-state index in [4.69, 9.17) is 4.74 Å². The number of esters is 1. The molecule has 0 bridgehead atoms. The zero-order chi connectivity index (χ0) is 20.7. The molecule has 0 spiro atoms. The van der Waals surface area contributed by atoms with Gasteiger partial charge >= 0.3 is 12.6 Å². The molecule has 0 aliphatic carbocycles. The highest BCUT2D eigenvalue weighted by molar-refractivity contribution is 7.18. The third-order valence-electron chi connectivity index (χ3n) is 3.51. The highest BCUT2D eigenvalue weighted by atomic mass is 32.1. The number of hydrogen-bond acceptors (Lipinski definition) is 7. The molecule has 1 N–H and O–H groups in total. The highest BCUT2D eigenvalue weighted by Crippen LogP contribution is 2.33. The van der Waals surface area contributed by atoms with Crippen LogP contribution in [0.4, 0.5) is 13.8 Å². The van der Waals surface area contributed by atoms with E-state index in [2.05, 4.69) is 10.1 Å². The summed E-state index contributed by atoms with van der Waals surface area (Å²) in [6, 6.07) is 7.41. The van der Waals surface area contributed by atoms with E-state index in [9.17, 15) is 23.6 Å². The molecule has 0 saturated heterocycles. The molecule has 1 aromatic carbocycles. The quantitative estimate of drug-likeness (QED) is 0.394. The molecule has 9 heteroatoms. The summed E-state index contributed by atoms with van der Waals surface area (Å²) in [7, 11) is 0. The van der Waals surface area contributed by atoms with Crippen LogP contribution in [0, 0.1) is 18.3 Å². The second-order valence-corrected chi connectivity index (χ2v) is 6.36. The monoisotopic (exact) mass is 406 g/mol. The summed E-state index contributed by atoms with van der Waals surface area (Å²) in [4.78, 5) is 24.4. The lowest BCUT2D eigenvalue weighted by molar-refractivity contribution is -0.0498. The summed E-state index contributed by atoms with van der Waals surface area (Å²) >= 11 is 1.04. The largest absolute Gasteiger partial charge is 0.462 e. The van der Waals surface area contributed by atoms with Crippen molar-refractivity contribution < 1.29 is 27.8 Å². The lowest BCUT2D eigenvalue weighted by atomic mass is 10.1. The molecule has 146 valence electrons. The van der Waals surface area contributed by atoms with E-state index in [0.29, 0.717) is 15.4 Å². The molecule has 0 fully saturated rings. The van der Waals surface area contributed by atoms with Gasteiger partial charge in [-0.1, -0.05) is 12.1 Å². The standard InChI is InChI=1S/C19H16F2N2O4S/c1-3-26-18(25)16-11(2)14(10-22)17(28-16)23-8-7-15(24)12-5-4-6-13(9-12)27-19(20)21/h4-9,19,23H,3H2,1-2H3. The maximum Gasteiger partial charge on any atom is 0.387 e. The fraction of sp³-hybridized carbons (Fsp3) is 0.211. The zero-order valence-electron chi connectivity index (χ0n) is 15.0. The molecule has 28 heavy (non-hydrogen) atoms. The maximum atomic E-state index is 12.3. The van der Waals surface area contributed by atoms with Gasteiger partial charge in [-0.3, -0.25) is 4.79 Å². The normalized spacial score (nSPS) is 10.7. The topological polar surface area (TPSA) is 88.4 Å². The van der Waals surface area contributed by atoms with E-state index in [1.165, 1.54) is 36.5 Å². The van der Waals surface area contributed by atoms with Gasteiger partial charge in [-0.15, -0.1) is 11.3 Å². The number of ether oxygens (including phenoxy) is 2. The predicted molar refractivity (Wildman–Crippen MR) is 99.9 cm³/mol. The summed E-state index contributed by atoms with van der Waals surface area (Å²) in [6.45, 7) is 0.544. The molecule has 0 radical (unpaired) electrons. The Bertz CT molecular complexity index is 948. The van der Waals surface area contributed by atoms with Crippen molar-refractivity contribution in [2.24, 2.45) is 0 Å². The molecule has 0 aliphatic heterocycles.